The number of H-pyrrole nitrogens is 1. The summed E-state index contributed by atoms with van der Waals surface area (Å²) in [5.74, 6) is 1.44. The predicted octanol–water partition coefficient (Wildman–Crippen LogP) is 4.07. The van der Waals surface area contributed by atoms with Crippen LogP contribution in [0.25, 0.3) is 0 Å². The SMILES string of the molecule is C=CCOc1c(Cl)ccc(CCc2ncc[nH]2)c1Cl. The quantitative estimate of drug-likeness (QED) is 0.816. The van der Waals surface area contributed by atoms with E-state index in [9.17, 15) is 0 Å². The number of ether oxygens (including phenoxy) is 1. The molecule has 19 heavy (non-hydrogen) atoms. The second-order valence-corrected chi connectivity index (χ2v) is 4.77. The minimum atomic E-state index is 0.376. The van der Waals surface area contributed by atoms with Gasteiger partial charge in [-0.15, -0.1) is 0 Å². The number of rotatable bonds is 6. The van der Waals surface area contributed by atoms with Gasteiger partial charge in [-0.25, -0.2) is 4.98 Å². The van der Waals surface area contributed by atoms with E-state index in [1.165, 1.54) is 0 Å². The van der Waals surface area contributed by atoms with Gasteiger partial charge >= 0.3 is 0 Å². The van der Waals surface area contributed by atoms with Gasteiger partial charge < -0.3 is 9.72 Å². The van der Waals surface area contributed by atoms with Crippen LogP contribution in [0, 0.1) is 0 Å². The summed E-state index contributed by atoms with van der Waals surface area (Å²) < 4.78 is 5.49. The van der Waals surface area contributed by atoms with Gasteiger partial charge in [-0.1, -0.05) is 41.9 Å². The highest BCUT2D eigenvalue weighted by Crippen LogP contribution is 2.36. The van der Waals surface area contributed by atoms with Crippen molar-refractivity contribution >= 4 is 23.2 Å². The second-order valence-electron chi connectivity index (χ2n) is 3.99. The zero-order valence-corrected chi connectivity index (χ0v) is 11.8. The number of benzene rings is 1. The molecule has 0 atom stereocenters. The molecule has 0 bridgehead atoms. The lowest BCUT2D eigenvalue weighted by atomic mass is 10.1. The van der Waals surface area contributed by atoms with Crippen LogP contribution in [-0.2, 0) is 12.8 Å². The number of aryl methyl sites for hydroxylation is 2. The molecule has 0 unspecified atom stereocenters. The third kappa shape index (κ3) is 3.52. The summed E-state index contributed by atoms with van der Waals surface area (Å²) in [5.41, 5.74) is 0.988. The van der Waals surface area contributed by atoms with Crippen molar-refractivity contribution in [2.75, 3.05) is 6.61 Å². The van der Waals surface area contributed by atoms with Crippen LogP contribution in [0.15, 0.2) is 37.2 Å². The molecule has 0 fully saturated rings. The average Bonchev–Trinajstić information content (AvgIpc) is 2.91. The van der Waals surface area contributed by atoms with Gasteiger partial charge in [0, 0.05) is 18.8 Å². The molecule has 1 heterocycles. The molecule has 0 saturated heterocycles. The van der Waals surface area contributed by atoms with Gasteiger partial charge in [-0.3, -0.25) is 0 Å². The maximum atomic E-state index is 6.32. The van der Waals surface area contributed by atoms with E-state index in [0.29, 0.717) is 22.4 Å². The molecular formula is C14H14Cl2N2O. The Hall–Kier alpha value is -1.45. The Labute approximate surface area is 122 Å². The first-order valence-electron chi connectivity index (χ1n) is 5.91. The molecule has 0 aliphatic rings. The number of imidazole rings is 1. The van der Waals surface area contributed by atoms with E-state index in [0.717, 1.165) is 24.2 Å². The predicted molar refractivity (Wildman–Crippen MR) is 78.1 cm³/mol. The van der Waals surface area contributed by atoms with E-state index in [1.54, 1.807) is 24.5 Å². The maximum absolute atomic E-state index is 6.32. The van der Waals surface area contributed by atoms with Crippen LogP contribution in [0.4, 0.5) is 0 Å². The molecule has 0 amide bonds. The van der Waals surface area contributed by atoms with Crippen molar-refractivity contribution in [1.29, 1.82) is 0 Å². The molecule has 1 aromatic carbocycles. The Morgan fingerprint density at radius 3 is 2.84 bits per heavy atom. The van der Waals surface area contributed by atoms with Crippen molar-refractivity contribution in [2.24, 2.45) is 0 Å². The van der Waals surface area contributed by atoms with Crippen LogP contribution in [0.3, 0.4) is 0 Å². The maximum Gasteiger partial charge on any atom is 0.157 e. The molecule has 3 nitrogen and oxygen atoms in total. The molecule has 0 aliphatic carbocycles. The van der Waals surface area contributed by atoms with Crippen LogP contribution in [0.1, 0.15) is 11.4 Å². The van der Waals surface area contributed by atoms with E-state index >= 15 is 0 Å². The first-order chi connectivity index (χ1) is 9.22. The third-order valence-corrected chi connectivity index (χ3v) is 3.37. The Morgan fingerprint density at radius 2 is 2.16 bits per heavy atom. The zero-order chi connectivity index (χ0) is 13.7. The average molecular weight is 297 g/mol. The molecule has 0 saturated carbocycles. The second kappa shape index (κ2) is 6.64. The minimum Gasteiger partial charge on any atom is -0.486 e. The lowest BCUT2D eigenvalue weighted by Gasteiger charge is -2.11. The Morgan fingerprint density at radius 1 is 1.32 bits per heavy atom. The Bertz CT molecular complexity index is 553. The van der Waals surface area contributed by atoms with Gasteiger partial charge in [0.05, 0.1) is 10.0 Å². The highest BCUT2D eigenvalue weighted by atomic mass is 35.5. The number of nitrogens with zero attached hydrogens (tertiary/aromatic N) is 1. The largest absolute Gasteiger partial charge is 0.486 e. The summed E-state index contributed by atoms with van der Waals surface area (Å²) in [4.78, 5) is 7.24. The summed E-state index contributed by atoms with van der Waals surface area (Å²) in [6.07, 6.45) is 6.75. The lowest BCUT2D eigenvalue weighted by molar-refractivity contribution is 0.363. The normalized spacial score (nSPS) is 10.4. The van der Waals surface area contributed by atoms with E-state index in [-0.39, 0.29) is 0 Å². The molecule has 0 aliphatic heterocycles. The molecule has 1 aromatic heterocycles. The first kappa shape index (κ1) is 14.0. The van der Waals surface area contributed by atoms with Crippen molar-refractivity contribution in [1.82, 2.24) is 9.97 Å². The minimum absolute atomic E-state index is 0.376. The number of hydrogen-bond donors (Lipinski definition) is 1. The summed E-state index contributed by atoms with van der Waals surface area (Å²) in [5, 5.41) is 1.06. The number of nitrogens with one attached hydrogen (secondary N) is 1. The van der Waals surface area contributed by atoms with Gasteiger partial charge in [-0.05, 0) is 18.1 Å². The van der Waals surface area contributed by atoms with E-state index in [2.05, 4.69) is 16.5 Å². The fraction of sp³-hybridized carbons (Fsp3) is 0.214. The number of hydrogen-bond acceptors (Lipinski definition) is 2. The number of aromatic amines is 1. The lowest BCUT2D eigenvalue weighted by Crippen LogP contribution is -1.99. The smallest absolute Gasteiger partial charge is 0.157 e. The summed E-state index contributed by atoms with van der Waals surface area (Å²) >= 11 is 12.4. The van der Waals surface area contributed by atoms with Crippen LogP contribution in [0.5, 0.6) is 5.75 Å². The Balaban J connectivity index is 2.14. The molecule has 5 heteroatoms. The first-order valence-corrected chi connectivity index (χ1v) is 6.66. The van der Waals surface area contributed by atoms with Crippen molar-refractivity contribution in [2.45, 2.75) is 12.8 Å². The molecule has 2 aromatic rings. The molecule has 1 N–H and O–H groups in total. The van der Waals surface area contributed by atoms with Gasteiger partial charge in [0.2, 0.25) is 0 Å². The third-order valence-electron chi connectivity index (χ3n) is 2.66. The fourth-order valence-corrected chi connectivity index (χ4v) is 2.30. The molecule has 100 valence electrons. The number of aromatic nitrogens is 2. The van der Waals surface area contributed by atoms with Crippen LogP contribution >= 0.6 is 23.2 Å². The highest BCUT2D eigenvalue weighted by Gasteiger charge is 2.12. The standard InChI is InChI=1S/C14H14Cl2N2O/c1-2-9-19-14-11(15)5-3-10(13(14)16)4-6-12-17-7-8-18-12/h2-3,5,7-8H,1,4,6,9H2,(H,17,18). The van der Waals surface area contributed by atoms with Gasteiger partial charge in [0.1, 0.15) is 12.4 Å². The fourth-order valence-electron chi connectivity index (χ4n) is 1.73. The van der Waals surface area contributed by atoms with E-state index in [1.807, 2.05) is 6.07 Å². The number of halogens is 2. The topological polar surface area (TPSA) is 37.9 Å². The van der Waals surface area contributed by atoms with Gasteiger partial charge in [0.25, 0.3) is 0 Å². The van der Waals surface area contributed by atoms with Crippen molar-refractivity contribution < 1.29 is 4.74 Å². The molecular weight excluding hydrogens is 283 g/mol. The summed E-state index contributed by atoms with van der Waals surface area (Å²) in [6.45, 7) is 3.98. The monoisotopic (exact) mass is 296 g/mol. The van der Waals surface area contributed by atoms with Crippen LogP contribution < -0.4 is 4.74 Å². The zero-order valence-electron chi connectivity index (χ0n) is 10.3. The van der Waals surface area contributed by atoms with Crippen molar-refractivity contribution in [3.05, 3.63) is 58.6 Å². The van der Waals surface area contributed by atoms with Gasteiger partial charge in [0.15, 0.2) is 5.75 Å². The summed E-state index contributed by atoms with van der Waals surface area (Å²) in [6, 6.07) is 3.71. The van der Waals surface area contributed by atoms with Crippen molar-refractivity contribution in [3.8, 4) is 5.75 Å². The van der Waals surface area contributed by atoms with Gasteiger partial charge in [-0.2, -0.15) is 0 Å². The molecule has 2 rings (SSSR count). The van der Waals surface area contributed by atoms with E-state index in [4.69, 9.17) is 27.9 Å². The summed E-state index contributed by atoms with van der Waals surface area (Å²) in [7, 11) is 0. The van der Waals surface area contributed by atoms with Crippen LogP contribution in [-0.4, -0.2) is 16.6 Å². The Kier molecular flexibility index (Phi) is 4.88. The molecule has 0 spiro atoms. The van der Waals surface area contributed by atoms with Crippen LogP contribution in [0.2, 0.25) is 10.0 Å². The highest BCUT2D eigenvalue weighted by molar-refractivity contribution is 6.37. The van der Waals surface area contributed by atoms with E-state index < -0.39 is 0 Å². The molecule has 0 radical (unpaired) electrons. The van der Waals surface area contributed by atoms with Crippen molar-refractivity contribution in [3.63, 3.8) is 0 Å².